The van der Waals surface area contributed by atoms with E-state index in [4.69, 9.17) is 4.74 Å². The predicted octanol–water partition coefficient (Wildman–Crippen LogP) is 4.59. The van der Waals surface area contributed by atoms with Gasteiger partial charge in [-0.1, -0.05) is 30.3 Å². The lowest BCUT2D eigenvalue weighted by molar-refractivity contribution is -0.119. The Morgan fingerprint density at radius 3 is 2.34 bits per heavy atom. The van der Waals surface area contributed by atoms with E-state index in [-0.39, 0.29) is 24.1 Å². The average molecular weight is 564 g/mol. The van der Waals surface area contributed by atoms with Crippen LogP contribution in [0, 0.1) is 3.57 Å². The van der Waals surface area contributed by atoms with Gasteiger partial charge in [0.1, 0.15) is 12.3 Å². The Morgan fingerprint density at radius 2 is 1.69 bits per heavy atom. The highest BCUT2D eigenvalue weighted by atomic mass is 127. The Labute approximate surface area is 202 Å². The van der Waals surface area contributed by atoms with Gasteiger partial charge < -0.3 is 10.1 Å². The van der Waals surface area contributed by atoms with Crippen LogP contribution in [-0.4, -0.2) is 27.0 Å². The molecule has 32 heavy (non-hydrogen) atoms. The second kappa shape index (κ2) is 10.8. The number of nitrogens with one attached hydrogen (secondary N) is 1. The number of benzene rings is 3. The fourth-order valence-electron chi connectivity index (χ4n) is 3.03. The molecular weight excluding hydrogens is 539 g/mol. The standard InChI is InChI=1S/C24H25IN2O4S/c1-18(2)31-22-8-6-7-19(15-22)16-26-24(28)17-27(21-13-11-20(25)12-14-21)32(29,30)23-9-4-3-5-10-23/h3-15,18H,16-17H2,1-2H3,(H,26,28). The second-order valence-corrected chi connectivity index (χ2v) is 10.5. The number of rotatable bonds is 9. The van der Waals surface area contributed by atoms with Crippen molar-refractivity contribution in [2.75, 3.05) is 10.8 Å². The molecule has 1 amide bonds. The number of anilines is 1. The number of carbonyl (C=O) groups excluding carboxylic acids is 1. The van der Waals surface area contributed by atoms with Gasteiger partial charge in [-0.3, -0.25) is 9.10 Å². The van der Waals surface area contributed by atoms with Gasteiger partial charge in [0.15, 0.2) is 0 Å². The second-order valence-electron chi connectivity index (χ2n) is 7.39. The van der Waals surface area contributed by atoms with E-state index in [0.29, 0.717) is 5.69 Å². The average Bonchev–Trinajstić information content (AvgIpc) is 2.77. The third kappa shape index (κ3) is 6.46. The minimum atomic E-state index is -3.92. The van der Waals surface area contributed by atoms with Gasteiger partial charge in [-0.2, -0.15) is 0 Å². The van der Waals surface area contributed by atoms with Crippen LogP contribution in [0.15, 0.2) is 83.8 Å². The number of nitrogens with zero attached hydrogens (tertiary/aromatic N) is 1. The number of sulfonamides is 1. The van der Waals surface area contributed by atoms with E-state index >= 15 is 0 Å². The SMILES string of the molecule is CC(C)Oc1cccc(CNC(=O)CN(c2ccc(I)cc2)S(=O)(=O)c2ccccc2)c1. The molecule has 0 spiro atoms. The maximum atomic E-state index is 13.3. The summed E-state index contributed by atoms with van der Waals surface area (Å²) in [5.41, 5.74) is 1.29. The van der Waals surface area contributed by atoms with Gasteiger partial charge >= 0.3 is 0 Å². The van der Waals surface area contributed by atoms with Crippen molar-refractivity contribution < 1.29 is 17.9 Å². The third-order valence-electron chi connectivity index (χ3n) is 4.49. The van der Waals surface area contributed by atoms with E-state index in [1.165, 1.54) is 12.1 Å². The summed E-state index contributed by atoms with van der Waals surface area (Å²) < 4.78 is 34.4. The van der Waals surface area contributed by atoms with Crippen molar-refractivity contribution >= 4 is 44.2 Å². The predicted molar refractivity (Wildman–Crippen MR) is 134 cm³/mol. The number of hydrogen-bond acceptors (Lipinski definition) is 4. The highest BCUT2D eigenvalue weighted by Gasteiger charge is 2.27. The fourth-order valence-corrected chi connectivity index (χ4v) is 4.83. The van der Waals surface area contributed by atoms with Crippen LogP contribution in [0.4, 0.5) is 5.69 Å². The van der Waals surface area contributed by atoms with E-state index in [1.807, 2.05) is 50.2 Å². The maximum Gasteiger partial charge on any atom is 0.264 e. The summed E-state index contributed by atoms with van der Waals surface area (Å²) in [6.45, 7) is 3.82. The Balaban J connectivity index is 1.78. The molecule has 3 rings (SSSR count). The molecule has 0 radical (unpaired) electrons. The minimum Gasteiger partial charge on any atom is -0.491 e. The first-order chi connectivity index (χ1) is 15.3. The molecular formula is C24H25IN2O4S. The molecule has 3 aromatic rings. The monoisotopic (exact) mass is 564 g/mol. The number of hydrogen-bond donors (Lipinski definition) is 1. The molecule has 0 aliphatic rings. The number of amides is 1. The molecule has 168 valence electrons. The van der Waals surface area contributed by atoms with Gasteiger partial charge in [0, 0.05) is 10.1 Å². The Hall–Kier alpha value is -2.59. The van der Waals surface area contributed by atoms with Crippen molar-refractivity contribution in [1.29, 1.82) is 0 Å². The zero-order valence-electron chi connectivity index (χ0n) is 17.9. The van der Waals surface area contributed by atoms with Crippen LogP contribution in [0.3, 0.4) is 0 Å². The molecule has 6 nitrogen and oxygen atoms in total. The van der Waals surface area contributed by atoms with Gasteiger partial charge in [-0.05, 0) is 90.5 Å². The third-order valence-corrected chi connectivity index (χ3v) is 7.00. The Morgan fingerprint density at radius 1 is 1.00 bits per heavy atom. The van der Waals surface area contributed by atoms with Crippen LogP contribution in [-0.2, 0) is 21.4 Å². The van der Waals surface area contributed by atoms with Crippen LogP contribution >= 0.6 is 22.6 Å². The molecule has 0 fully saturated rings. The summed E-state index contributed by atoms with van der Waals surface area (Å²) >= 11 is 2.15. The van der Waals surface area contributed by atoms with E-state index in [2.05, 4.69) is 27.9 Å². The van der Waals surface area contributed by atoms with Crippen molar-refractivity contribution in [2.24, 2.45) is 0 Å². The Kier molecular flexibility index (Phi) is 8.14. The van der Waals surface area contributed by atoms with Crippen molar-refractivity contribution in [3.63, 3.8) is 0 Å². The first kappa shape index (κ1) is 24.1. The molecule has 0 bridgehead atoms. The Bertz CT molecular complexity index is 1150. The molecule has 0 heterocycles. The largest absolute Gasteiger partial charge is 0.491 e. The fraction of sp³-hybridized carbons (Fsp3) is 0.208. The highest BCUT2D eigenvalue weighted by Crippen LogP contribution is 2.24. The van der Waals surface area contributed by atoms with Crippen molar-refractivity contribution in [3.05, 3.63) is 88.0 Å². The zero-order valence-corrected chi connectivity index (χ0v) is 20.8. The maximum absolute atomic E-state index is 13.3. The van der Waals surface area contributed by atoms with E-state index in [0.717, 1.165) is 19.2 Å². The van der Waals surface area contributed by atoms with Crippen molar-refractivity contribution in [3.8, 4) is 5.75 Å². The molecule has 0 aliphatic heterocycles. The zero-order chi connectivity index (χ0) is 23.1. The summed E-state index contributed by atoms with van der Waals surface area (Å²) in [5, 5.41) is 2.81. The number of ether oxygens (including phenoxy) is 1. The van der Waals surface area contributed by atoms with Crippen LogP contribution in [0.25, 0.3) is 0 Å². The van der Waals surface area contributed by atoms with Crippen LogP contribution < -0.4 is 14.4 Å². The molecule has 0 aromatic heterocycles. The molecule has 0 atom stereocenters. The van der Waals surface area contributed by atoms with Crippen LogP contribution in [0.1, 0.15) is 19.4 Å². The topological polar surface area (TPSA) is 75.7 Å². The van der Waals surface area contributed by atoms with Gasteiger partial charge in [0.2, 0.25) is 5.91 Å². The lowest BCUT2D eigenvalue weighted by atomic mass is 10.2. The first-order valence-corrected chi connectivity index (χ1v) is 12.6. The van der Waals surface area contributed by atoms with E-state index in [9.17, 15) is 13.2 Å². The number of halogens is 1. The van der Waals surface area contributed by atoms with Crippen LogP contribution in [0.5, 0.6) is 5.75 Å². The van der Waals surface area contributed by atoms with E-state index in [1.54, 1.807) is 30.3 Å². The summed E-state index contributed by atoms with van der Waals surface area (Å²) in [6, 6.07) is 22.6. The van der Waals surface area contributed by atoms with Crippen molar-refractivity contribution in [1.82, 2.24) is 5.32 Å². The van der Waals surface area contributed by atoms with E-state index < -0.39 is 15.9 Å². The molecule has 0 saturated carbocycles. The van der Waals surface area contributed by atoms with Crippen molar-refractivity contribution in [2.45, 2.75) is 31.4 Å². The quantitative estimate of drug-likeness (QED) is 0.386. The molecule has 0 aliphatic carbocycles. The molecule has 0 unspecified atom stereocenters. The summed E-state index contributed by atoms with van der Waals surface area (Å²) in [4.78, 5) is 12.9. The first-order valence-electron chi connectivity index (χ1n) is 10.1. The van der Waals surface area contributed by atoms with Crippen LogP contribution in [0.2, 0.25) is 0 Å². The van der Waals surface area contributed by atoms with Gasteiger partial charge in [-0.15, -0.1) is 0 Å². The summed E-state index contributed by atoms with van der Waals surface area (Å²) in [7, 11) is -3.92. The smallest absolute Gasteiger partial charge is 0.264 e. The van der Waals surface area contributed by atoms with Gasteiger partial charge in [0.25, 0.3) is 10.0 Å². The molecule has 3 aromatic carbocycles. The van der Waals surface area contributed by atoms with Gasteiger partial charge in [0.05, 0.1) is 16.7 Å². The molecule has 0 saturated heterocycles. The highest BCUT2D eigenvalue weighted by molar-refractivity contribution is 14.1. The lowest BCUT2D eigenvalue weighted by Gasteiger charge is -2.24. The van der Waals surface area contributed by atoms with Gasteiger partial charge in [-0.25, -0.2) is 8.42 Å². The molecule has 8 heteroatoms. The minimum absolute atomic E-state index is 0.0468. The summed E-state index contributed by atoms with van der Waals surface area (Å²) in [5.74, 6) is 0.317. The lowest BCUT2D eigenvalue weighted by Crippen LogP contribution is -2.40. The molecule has 1 N–H and O–H groups in total. The summed E-state index contributed by atoms with van der Waals surface area (Å²) in [6.07, 6.45) is 0.0468. The normalized spacial score (nSPS) is 11.2. The number of carbonyl (C=O) groups is 1.